The molecule has 0 aliphatic carbocycles. The Morgan fingerprint density at radius 3 is 2.90 bits per heavy atom. The van der Waals surface area contributed by atoms with Gasteiger partial charge in [-0.15, -0.1) is 0 Å². The normalized spacial score (nSPS) is 19.7. The van der Waals surface area contributed by atoms with Gasteiger partial charge in [-0.05, 0) is 31.5 Å². The first kappa shape index (κ1) is 13.9. The highest BCUT2D eigenvalue weighted by atomic mass is 19.3. The van der Waals surface area contributed by atoms with E-state index in [4.69, 9.17) is 5.11 Å². The molecule has 0 spiro atoms. The maximum atomic E-state index is 13.3. The van der Waals surface area contributed by atoms with Gasteiger partial charge in [-0.3, -0.25) is 14.3 Å². The summed E-state index contributed by atoms with van der Waals surface area (Å²) in [6.45, 7) is -1.99. The number of alkyl halides is 2. The highest BCUT2D eigenvalue weighted by Crippen LogP contribution is 2.26. The lowest BCUT2D eigenvalue weighted by molar-refractivity contribution is -0.142. The molecular weight excluding hydrogens is 280 g/mol. The van der Waals surface area contributed by atoms with Gasteiger partial charge in [0.15, 0.2) is 0 Å². The quantitative estimate of drug-likeness (QED) is 0.941. The van der Waals surface area contributed by atoms with Gasteiger partial charge >= 0.3 is 12.5 Å². The standard InChI is InChI=1S/C14H15F2N3O2/c15-14(16)19-10-5-2-1-4-9(10)17-12(19)8-18-7-3-6-11(18)13(20)21/h1-2,4-5,11,14H,3,6-8H2,(H,20,21)/t11-/m1/s1. The van der Waals surface area contributed by atoms with Gasteiger partial charge in [-0.2, -0.15) is 8.78 Å². The van der Waals surface area contributed by atoms with E-state index in [0.717, 1.165) is 11.0 Å². The number of nitrogens with zero attached hydrogens (tertiary/aromatic N) is 3. The van der Waals surface area contributed by atoms with Crippen molar-refractivity contribution in [2.24, 2.45) is 0 Å². The van der Waals surface area contributed by atoms with Crippen molar-refractivity contribution in [3.8, 4) is 0 Å². The Morgan fingerprint density at radius 1 is 1.43 bits per heavy atom. The van der Waals surface area contributed by atoms with Crippen molar-refractivity contribution in [2.75, 3.05) is 6.54 Å². The largest absolute Gasteiger partial charge is 0.480 e. The van der Waals surface area contributed by atoms with Crippen LogP contribution in [0.4, 0.5) is 8.78 Å². The second-order valence-corrected chi connectivity index (χ2v) is 5.13. The summed E-state index contributed by atoms with van der Waals surface area (Å²) < 4.78 is 27.5. The zero-order chi connectivity index (χ0) is 15.0. The molecule has 0 unspecified atom stereocenters. The first-order chi connectivity index (χ1) is 10.1. The maximum Gasteiger partial charge on any atom is 0.320 e. The zero-order valence-corrected chi connectivity index (χ0v) is 11.2. The molecule has 1 aromatic carbocycles. The summed E-state index contributed by atoms with van der Waals surface area (Å²) in [5.41, 5.74) is 0.868. The average Bonchev–Trinajstić information content (AvgIpc) is 3.02. The molecule has 0 radical (unpaired) electrons. The van der Waals surface area contributed by atoms with Crippen molar-refractivity contribution in [2.45, 2.75) is 32.0 Å². The van der Waals surface area contributed by atoms with Crippen molar-refractivity contribution in [3.05, 3.63) is 30.1 Å². The highest BCUT2D eigenvalue weighted by Gasteiger charge is 2.32. The molecule has 0 bridgehead atoms. The minimum atomic E-state index is -2.70. The molecule has 7 heteroatoms. The minimum Gasteiger partial charge on any atom is -0.480 e. The number of hydrogen-bond acceptors (Lipinski definition) is 3. The molecule has 2 heterocycles. The zero-order valence-electron chi connectivity index (χ0n) is 11.2. The van der Waals surface area contributed by atoms with E-state index in [0.29, 0.717) is 24.0 Å². The SMILES string of the molecule is O=C(O)[C@H]1CCCN1Cc1nc2ccccc2n1C(F)F. The van der Waals surface area contributed by atoms with Crippen LogP contribution in [0.3, 0.4) is 0 Å². The third-order valence-corrected chi connectivity index (χ3v) is 3.86. The van der Waals surface area contributed by atoms with Crippen LogP contribution >= 0.6 is 0 Å². The number of carboxylic acids is 1. The van der Waals surface area contributed by atoms with Crippen LogP contribution in [0, 0.1) is 0 Å². The molecule has 1 saturated heterocycles. The molecule has 1 fully saturated rings. The van der Waals surface area contributed by atoms with Gasteiger partial charge in [-0.25, -0.2) is 4.98 Å². The molecule has 0 amide bonds. The van der Waals surface area contributed by atoms with Crippen molar-refractivity contribution >= 4 is 17.0 Å². The van der Waals surface area contributed by atoms with Crippen LogP contribution in [-0.4, -0.2) is 38.1 Å². The van der Waals surface area contributed by atoms with Crippen LogP contribution in [0.25, 0.3) is 11.0 Å². The summed E-state index contributed by atoms with van der Waals surface area (Å²) in [7, 11) is 0. The second kappa shape index (κ2) is 5.40. The van der Waals surface area contributed by atoms with E-state index in [9.17, 15) is 13.6 Å². The van der Waals surface area contributed by atoms with E-state index in [1.54, 1.807) is 29.2 Å². The smallest absolute Gasteiger partial charge is 0.320 e. The fraction of sp³-hybridized carbons (Fsp3) is 0.429. The van der Waals surface area contributed by atoms with Gasteiger partial charge in [0.05, 0.1) is 17.6 Å². The number of para-hydroxylation sites is 2. The first-order valence-electron chi connectivity index (χ1n) is 6.79. The molecule has 1 N–H and O–H groups in total. The van der Waals surface area contributed by atoms with Crippen LogP contribution in [0.5, 0.6) is 0 Å². The Balaban J connectivity index is 1.96. The predicted octanol–water partition coefficient (Wildman–Crippen LogP) is 2.48. The summed E-state index contributed by atoms with van der Waals surface area (Å²) in [4.78, 5) is 17.1. The number of imidazole rings is 1. The van der Waals surface area contributed by atoms with Crippen molar-refractivity contribution in [1.29, 1.82) is 0 Å². The number of carboxylic acid groups (broad SMARTS) is 1. The summed E-state index contributed by atoms with van der Waals surface area (Å²) in [6.07, 6.45) is 1.30. The van der Waals surface area contributed by atoms with Crippen LogP contribution in [0.15, 0.2) is 24.3 Å². The van der Waals surface area contributed by atoms with Crippen molar-refractivity contribution < 1.29 is 18.7 Å². The molecule has 2 aromatic rings. The van der Waals surface area contributed by atoms with Gasteiger partial charge in [0.1, 0.15) is 11.9 Å². The van der Waals surface area contributed by atoms with Crippen molar-refractivity contribution in [1.82, 2.24) is 14.5 Å². The van der Waals surface area contributed by atoms with Gasteiger partial charge in [0.2, 0.25) is 0 Å². The van der Waals surface area contributed by atoms with E-state index in [2.05, 4.69) is 4.98 Å². The van der Waals surface area contributed by atoms with Crippen LogP contribution in [0.1, 0.15) is 25.2 Å². The number of hydrogen-bond donors (Lipinski definition) is 1. The molecule has 1 aliphatic heterocycles. The number of halogens is 2. The van der Waals surface area contributed by atoms with E-state index in [1.807, 2.05) is 0 Å². The van der Waals surface area contributed by atoms with Gasteiger partial charge in [-0.1, -0.05) is 12.1 Å². The number of aliphatic carboxylic acids is 1. The number of rotatable bonds is 4. The third-order valence-electron chi connectivity index (χ3n) is 3.86. The Hall–Kier alpha value is -2.02. The Bertz CT molecular complexity index is 671. The van der Waals surface area contributed by atoms with Gasteiger partial charge < -0.3 is 5.11 Å². The molecule has 112 valence electrons. The minimum absolute atomic E-state index is 0.121. The number of likely N-dealkylation sites (tertiary alicyclic amines) is 1. The van der Waals surface area contributed by atoms with Gasteiger partial charge in [0.25, 0.3) is 0 Å². The maximum absolute atomic E-state index is 13.3. The van der Waals surface area contributed by atoms with Gasteiger partial charge in [0, 0.05) is 0 Å². The van der Waals surface area contributed by atoms with Crippen LogP contribution in [-0.2, 0) is 11.3 Å². The summed E-state index contributed by atoms with van der Waals surface area (Å²) >= 11 is 0. The fourth-order valence-corrected chi connectivity index (χ4v) is 2.90. The average molecular weight is 295 g/mol. The molecule has 3 rings (SSSR count). The molecular formula is C14H15F2N3O2. The Kier molecular flexibility index (Phi) is 3.59. The lowest BCUT2D eigenvalue weighted by Crippen LogP contribution is -2.36. The summed E-state index contributed by atoms with van der Waals surface area (Å²) in [5.74, 6) is -0.702. The monoisotopic (exact) mass is 295 g/mol. The topological polar surface area (TPSA) is 58.4 Å². The Morgan fingerprint density at radius 2 is 2.19 bits per heavy atom. The molecule has 5 nitrogen and oxygen atoms in total. The lowest BCUT2D eigenvalue weighted by atomic mass is 10.2. The van der Waals surface area contributed by atoms with E-state index in [1.165, 1.54) is 0 Å². The fourth-order valence-electron chi connectivity index (χ4n) is 2.90. The molecule has 1 aromatic heterocycles. The molecule has 1 atom stereocenters. The Labute approximate surface area is 119 Å². The summed E-state index contributed by atoms with van der Waals surface area (Å²) in [6, 6.07) is 6.08. The predicted molar refractivity (Wildman–Crippen MR) is 72.1 cm³/mol. The number of aromatic nitrogens is 2. The number of carbonyl (C=O) groups is 1. The van der Waals surface area contributed by atoms with Crippen LogP contribution in [0.2, 0.25) is 0 Å². The van der Waals surface area contributed by atoms with E-state index < -0.39 is 18.6 Å². The second-order valence-electron chi connectivity index (χ2n) is 5.13. The summed E-state index contributed by atoms with van der Waals surface area (Å²) in [5, 5.41) is 9.16. The lowest BCUT2D eigenvalue weighted by Gasteiger charge is -2.21. The van der Waals surface area contributed by atoms with Crippen molar-refractivity contribution in [3.63, 3.8) is 0 Å². The first-order valence-corrected chi connectivity index (χ1v) is 6.79. The molecule has 0 saturated carbocycles. The highest BCUT2D eigenvalue weighted by molar-refractivity contribution is 5.76. The third kappa shape index (κ3) is 2.49. The van der Waals surface area contributed by atoms with E-state index >= 15 is 0 Å². The number of benzene rings is 1. The van der Waals surface area contributed by atoms with Crippen LogP contribution < -0.4 is 0 Å². The van der Waals surface area contributed by atoms with E-state index in [-0.39, 0.29) is 12.4 Å². The molecule has 21 heavy (non-hydrogen) atoms. The molecule has 1 aliphatic rings. The number of fused-ring (bicyclic) bond motifs is 1.